The number of methoxy groups -OCH3 is 2. The van der Waals surface area contributed by atoms with Gasteiger partial charge in [0.2, 0.25) is 0 Å². The molecule has 162 valence electrons. The highest BCUT2D eigenvalue weighted by molar-refractivity contribution is 6.46. The molecule has 1 N–H and O–H groups in total. The van der Waals surface area contributed by atoms with E-state index in [2.05, 4.69) is 5.32 Å². The van der Waals surface area contributed by atoms with Crippen molar-refractivity contribution in [2.75, 3.05) is 24.4 Å². The van der Waals surface area contributed by atoms with Crippen LogP contribution in [0.15, 0.2) is 72.4 Å². The molecule has 3 aromatic rings. The molecule has 0 bridgehead atoms. The van der Waals surface area contributed by atoms with Gasteiger partial charge < -0.3 is 14.8 Å². The van der Waals surface area contributed by atoms with Crippen LogP contribution in [0.25, 0.3) is 5.57 Å². The van der Waals surface area contributed by atoms with Crippen LogP contribution in [0, 0.1) is 12.7 Å². The fraction of sp³-hybridized carbons (Fsp3) is 0.120. The van der Waals surface area contributed by atoms with Gasteiger partial charge >= 0.3 is 0 Å². The van der Waals surface area contributed by atoms with E-state index in [1.165, 1.54) is 32.4 Å². The normalized spacial score (nSPS) is 13.6. The summed E-state index contributed by atoms with van der Waals surface area (Å²) < 4.78 is 24.6. The topological polar surface area (TPSA) is 67.9 Å². The first-order valence-corrected chi connectivity index (χ1v) is 9.88. The lowest BCUT2D eigenvalue weighted by Crippen LogP contribution is -2.32. The molecule has 0 fully saturated rings. The van der Waals surface area contributed by atoms with E-state index < -0.39 is 17.6 Å². The Morgan fingerprint density at radius 1 is 0.844 bits per heavy atom. The monoisotopic (exact) mass is 432 g/mol. The first-order valence-electron chi connectivity index (χ1n) is 9.88. The number of halogens is 1. The highest BCUT2D eigenvalue weighted by atomic mass is 19.1. The average Bonchev–Trinajstić information content (AvgIpc) is 3.02. The Hall–Kier alpha value is -4.13. The lowest BCUT2D eigenvalue weighted by Gasteiger charge is -2.19. The van der Waals surface area contributed by atoms with Gasteiger partial charge in [0.25, 0.3) is 11.8 Å². The number of benzene rings is 3. The van der Waals surface area contributed by atoms with Gasteiger partial charge in [-0.1, -0.05) is 30.3 Å². The SMILES string of the molecule is COc1ccccc1C1=C(Nc2cccc(F)c2)C(=O)N(c2cc(C)ccc2OC)C1=O. The first kappa shape index (κ1) is 21.1. The quantitative estimate of drug-likeness (QED) is 0.579. The fourth-order valence-electron chi connectivity index (χ4n) is 3.65. The van der Waals surface area contributed by atoms with Gasteiger partial charge in [0.15, 0.2) is 0 Å². The summed E-state index contributed by atoms with van der Waals surface area (Å²) in [7, 11) is 2.96. The second-order valence-corrected chi connectivity index (χ2v) is 7.21. The van der Waals surface area contributed by atoms with Crippen LogP contribution in [0.4, 0.5) is 15.8 Å². The number of amides is 2. The van der Waals surface area contributed by atoms with Gasteiger partial charge in [0, 0.05) is 11.3 Å². The number of para-hydroxylation sites is 1. The summed E-state index contributed by atoms with van der Waals surface area (Å²) >= 11 is 0. The standard InChI is InChI=1S/C25H21FN2O4/c1-15-11-12-21(32-3)19(13-15)28-24(29)22(18-9-4-5-10-20(18)31-2)23(25(28)30)27-17-8-6-7-16(26)14-17/h4-14,27H,1-3H3. The number of anilines is 2. The minimum absolute atomic E-state index is 0.0219. The molecule has 0 radical (unpaired) electrons. The third-order valence-corrected chi connectivity index (χ3v) is 5.13. The van der Waals surface area contributed by atoms with Crippen molar-refractivity contribution in [1.82, 2.24) is 0 Å². The lowest BCUT2D eigenvalue weighted by molar-refractivity contribution is -0.120. The zero-order valence-electron chi connectivity index (χ0n) is 17.8. The van der Waals surface area contributed by atoms with Gasteiger partial charge in [0.05, 0.1) is 25.5 Å². The molecule has 4 rings (SSSR count). The summed E-state index contributed by atoms with van der Waals surface area (Å²) in [5, 5.41) is 2.94. The van der Waals surface area contributed by atoms with Gasteiger partial charge in [0.1, 0.15) is 23.0 Å². The molecule has 1 heterocycles. The maximum absolute atomic E-state index is 13.8. The smallest absolute Gasteiger partial charge is 0.282 e. The molecule has 32 heavy (non-hydrogen) atoms. The van der Waals surface area contributed by atoms with Crippen LogP contribution in [0.5, 0.6) is 11.5 Å². The Kier molecular flexibility index (Phi) is 5.64. The number of ether oxygens (including phenoxy) is 2. The van der Waals surface area contributed by atoms with Gasteiger partial charge in [-0.25, -0.2) is 9.29 Å². The van der Waals surface area contributed by atoms with Crippen LogP contribution in [0.2, 0.25) is 0 Å². The Labute approximate surface area is 184 Å². The second-order valence-electron chi connectivity index (χ2n) is 7.21. The van der Waals surface area contributed by atoms with Crippen molar-refractivity contribution < 1.29 is 23.5 Å². The van der Waals surface area contributed by atoms with E-state index in [9.17, 15) is 14.0 Å². The predicted molar refractivity (Wildman–Crippen MR) is 120 cm³/mol. The summed E-state index contributed by atoms with van der Waals surface area (Å²) in [6.07, 6.45) is 0. The first-order chi connectivity index (χ1) is 15.4. The van der Waals surface area contributed by atoms with Crippen LogP contribution >= 0.6 is 0 Å². The van der Waals surface area contributed by atoms with E-state index in [1.54, 1.807) is 42.5 Å². The number of imide groups is 1. The van der Waals surface area contributed by atoms with Crippen LogP contribution in [0.3, 0.4) is 0 Å². The number of carbonyl (C=O) groups is 2. The number of nitrogens with zero attached hydrogens (tertiary/aromatic N) is 1. The summed E-state index contributed by atoms with van der Waals surface area (Å²) in [5.74, 6) is -0.779. The van der Waals surface area contributed by atoms with Gasteiger partial charge in [-0.3, -0.25) is 9.59 Å². The van der Waals surface area contributed by atoms with E-state index >= 15 is 0 Å². The van der Waals surface area contributed by atoms with Crippen molar-refractivity contribution in [1.29, 1.82) is 0 Å². The Morgan fingerprint density at radius 3 is 2.31 bits per heavy atom. The number of nitrogens with one attached hydrogen (secondary N) is 1. The maximum Gasteiger partial charge on any atom is 0.282 e. The zero-order valence-corrected chi connectivity index (χ0v) is 17.8. The minimum atomic E-state index is -0.580. The molecule has 0 unspecified atom stereocenters. The molecular formula is C25H21FN2O4. The summed E-state index contributed by atoms with van der Waals surface area (Å²) in [6, 6.07) is 17.8. The third-order valence-electron chi connectivity index (χ3n) is 5.13. The third kappa shape index (κ3) is 3.69. The molecule has 2 amide bonds. The van der Waals surface area contributed by atoms with Crippen LogP contribution in [-0.2, 0) is 9.59 Å². The van der Waals surface area contributed by atoms with Gasteiger partial charge in [-0.15, -0.1) is 0 Å². The van der Waals surface area contributed by atoms with Gasteiger partial charge in [-0.05, 0) is 48.9 Å². The average molecular weight is 432 g/mol. The van der Waals surface area contributed by atoms with Crippen LogP contribution in [0.1, 0.15) is 11.1 Å². The zero-order chi connectivity index (χ0) is 22.8. The Morgan fingerprint density at radius 2 is 1.59 bits per heavy atom. The molecule has 6 nitrogen and oxygen atoms in total. The van der Waals surface area contributed by atoms with E-state index in [0.717, 1.165) is 10.5 Å². The fourth-order valence-corrected chi connectivity index (χ4v) is 3.65. The second kappa shape index (κ2) is 8.55. The van der Waals surface area contributed by atoms with Crippen molar-refractivity contribution in [3.8, 4) is 11.5 Å². The molecule has 1 aliphatic rings. The predicted octanol–water partition coefficient (Wildman–Crippen LogP) is 4.55. The maximum atomic E-state index is 13.8. The summed E-state index contributed by atoms with van der Waals surface area (Å²) in [4.78, 5) is 28.3. The van der Waals surface area contributed by atoms with E-state index in [4.69, 9.17) is 9.47 Å². The highest BCUT2D eigenvalue weighted by Crippen LogP contribution is 2.40. The molecule has 0 spiro atoms. The number of rotatable bonds is 6. The molecular weight excluding hydrogens is 411 g/mol. The van der Waals surface area contributed by atoms with E-state index in [1.807, 2.05) is 13.0 Å². The van der Waals surface area contributed by atoms with Crippen molar-refractivity contribution in [2.45, 2.75) is 6.92 Å². The highest BCUT2D eigenvalue weighted by Gasteiger charge is 2.42. The molecule has 0 saturated carbocycles. The minimum Gasteiger partial charge on any atom is -0.496 e. The summed E-state index contributed by atoms with van der Waals surface area (Å²) in [6.45, 7) is 1.86. The molecule has 0 aromatic heterocycles. The number of carbonyl (C=O) groups excluding carboxylic acids is 2. The van der Waals surface area contributed by atoms with Crippen LogP contribution < -0.4 is 19.7 Å². The van der Waals surface area contributed by atoms with Crippen molar-refractivity contribution in [3.05, 3.63) is 89.4 Å². The molecule has 0 atom stereocenters. The number of hydrogen-bond acceptors (Lipinski definition) is 5. The Bertz CT molecular complexity index is 1250. The number of aryl methyl sites for hydroxylation is 1. The molecule has 0 saturated heterocycles. The van der Waals surface area contributed by atoms with Crippen LogP contribution in [-0.4, -0.2) is 26.0 Å². The van der Waals surface area contributed by atoms with Crippen molar-refractivity contribution in [3.63, 3.8) is 0 Å². The largest absolute Gasteiger partial charge is 0.496 e. The summed E-state index contributed by atoms with van der Waals surface area (Å²) in [5.41, 5.74) is 2.11. The number of hydrogen-bond donors (Lipinski definition) is 1. The molecule has 3 aromatic carbocycles. The van der Waals surface area contributed by atoms with Gasteiger partial charge in [-0.2, -0.15) is 0 Å². The molecule has 7 heteroatoms. The molecule has 0 aliphatic carbocycles. The molecule has 1 aliphatic heterocycles. The van der Waals surface area contributed by atoms with E-state index in [0.29, 0.717) is 28.4 Å². The van der Waals surface area contributed by atoms with E-state index in [-0.39, 0.29) is 11.3 Å². The van der Waals surface area contributed by atoms with Crippen molar-refractivity contribution >= 4 is 28.8 Å². The lowest BCUT2D eigenvalue weighted by atomic mass is 10.0. The van der Waals surface area contributed by atoms with Crippen molar-refractivity contribution in [2.24, 2.45) is 0 Å². The Balaban J connectivity index is 1.90.